The van der Waals surface area contributed by atoms with Crippen molar-refractivity contribution in [3.05, 3.63) is 29.8 Å². The molecule has 1 aromatic rings. The van der Waals surface area contributed by atoms with Crippen LogP contribution in [0.4, 0.5) is 5.69 Å². The first-order chi connectivity index (χ1) is 9.73. The summed E-state index contributed by atoms with van der Waals surface area (Å²) in [5.41, 5.74) is 4.79. The molecule has 1 aromatic carbocycles. The Hall–Kier alpha value is -1.55. The van der Waals surface area contributed by atoms with Crippen molar-refractivity contribution in [1.29, 1.82) is 0 Å². The number of aromatic carboxylic acids is 1. The maximum atomic E-state index is 11.5. The van der Waals surface area contributed by atoms with Crippen LogP contribution in [0.2, 0.25) is 0 Å². The number of rotatable bonds is 2. The van der Waals surface area contributed by atoms with Gasteiger partial charge in [0.05, 0.1) is 16.8 Å². The molecule has 108 valence electrons. The van der Waals surface area contributed by atoms with Crippen LogP contribution in [0.1, 0.15) is 55.3 Å². The molecule has 4 nitrogen and oxygen atoms in total. The third-order valence-corrected chi connectivity index (χ3v) is 4.72. The van der Waals surface area contributed by atoms with Crippen LogP contribution < -0.4 is 10.4 Å². The van der Waals surface area contributed by atoms with E-state index in [9.17, 15) is 9.90 Å². The number of nitrogens with one attached hydrogen (secondary N) is 1. The number of carboxylic acids is 1. The Labute approximate surface area is 119 Å². The van der Waals surface area contributed by atoms with Gasteiger partial charge in [-0.05, 0) is 37.8 Å². The number of hydrogen-bond donors (Lipinski definition) is 2. The normalized spacial score (nSPS) is 21.9. The lowest BCUT2D eigenvalue weighted by molar-refractivity contribution is 0.0696. The number of anilines is 1. The van der Waals surface area contributed by atoms with Crippen molar-refractivity contribution < 1.29 is 9.90 Å². The Morgan fingerprint density at radius 3 is 2.55 bits per heavy atom. The summed E-state index contributed by atoms with van der Waals surface area (Å²) in [5, 5.41) is 11.6. The van der Waals surface area contributed by atoms with E-state index in [1.54, 1.807) is 12.1 Å². The Kier molecular flexibility index (Phi) is 3.66. The first-order valence-corrected chi connectivity index (χ1v) is 7.59. The summed E-state index contributed by atoms with van der Waals surface area (Å²) in [6, 6.07) is 7.35. The maximum Gasteiger partial charge on any atom is 0.337 e. The van der Waals surface area contributed by atoms with Crippen LogP contribution in [0.25, 0.3) is 0 Å². The SMILES string of the molecule is O=C(O)c1ccccc1N1NCCCC12CCCCC2. The zero-order valence-electron chi connectivity index (χ0n) is 11.8. The van der Waals surface area contributed by atoms with Gasteiger partial charge in [-0.15, -0.1) is 0 Å². The average molecular weight is 274 g/mol. The lowest BCUT2D eigenvalue weighted by Gasteiger charge is -2.51. The molecule has 0 bridgehead atoms. The third kappa shape index (κ3) is 2.29. The van der Waals surface area contributed by atoms with E-state index >= 15 is 0 Å². The van der Waals surface area contributed by atoms with Crippen LogP contribution in [-0.4, -0.2) is 23.2 Å². The molecule has 1 heterocycles. The number of carboxylic acid groups (broad SMARTS) is 1. The highest BCUT2D eigenvalue weighted by molar-refractivity contribution is 5.94. The van der Waals surface area contributed by atoms with Crippen LogP contribution in [0.5, 0.6) is 0 Å². The molecule has 0 amide bonds. The quantitative estimate of drug-likeness (QED) is 0.869. The molecule has 2 aliphatic rings. The van der Waals surface area contributed by atoms with Crippen LogP contribution in [0.3, 0.4) is 0 Å². The molecule has 1 spiro atoms. The number of hydrogen-bond acceptors (Lipinski definition) is 3. The molecule has 0 atom stereocenters. The van der Waals surface area contributed by atoms with Gasteiger partial charge < -0.3 is 10.1 Å². The Balaban J connectivity index is 2.00. The van der Waals surface area contributed by atoms with E-state index in [1.165, 1.54) is 25.7 Å². The average Bonchev–Trinajstić information content (AvgIpc) is 2.48. The van der Waals surface area contributed by atoms with Crippen molar-refractivity contribution in [1.82, 2.24) is 5.43 Å². The fourth-order valence-electron chi connectivity index (χ4n) is 3.76. The fourth-order valence-corrected chi connectivity index (χ4v) is 3.76. The number of hydrazine groups is 1. The highest BCUT2D eigenvalue weighted by atomic mass is 16.4. The molecule has 1 saturated carbocycles. The second kappa shape index (κ2) is 5.44. The van der Waals surface area contributed by atoms with Gasteiger partial charge in [0.15, 0.2) is 0 Å². The number of benzene rings is 1. The highest BCUT2D eigenvalue weighted by Gasteiger charge is 2.41. The predicted molar refractivity (Wildman–Crippen MR) is 78.9 cm³/mol. The molecule has 1 aliphatic heterocycles. The summed E-state index contributed by atoms with van der Waals surface area (Å²) < 4.78 is 0. The summed E-state index contributed by atoms with van der Waals surface area (Å²) >= 11 is 0. The van der Waals surface area contributed by atoms with Gasteiger partial charge in [-0.25, -0.2) is 10.2 Å². The van der Waals surface area contributed by atoms with Gasteiger partial charge in [-0.2, -0.15) is 0 Å². The summed E-state index contributed by atoms with van der Waals surface area (Å²) in [6.45, 7) is 0.926. The molecule has 0 aromatic heterocycles. The molecule has 3 rings (SSSR count). The van der Waals surface area contributed by atoms with Crippen LogP contribution in [-0.2, 0) is 0 Å². The third-order valence-electron chi connectivity index (χ3n) is 4.72. The van der Waals surface area contributed by atoms with Crippen molar-refractivity contribution in [2.24, 2.45) is 0 Å². The molecule has 1 aliphatic carbocycles. The summed E-state index contributed by atoms with van der Waals surface area (Å²) in [7, 11) is 0. The van der Waals surface area contributed by atoms with Crippen LogP contribution in [0.15, 0.2) is 24.3 Å². The van der Waals surface area contributed by atoms with Gasteiger partial charge in [0.1, 0.15) is 0 Å². The first-order valence-electron chi connectivity index (χ1n) is 7.59. The van der Waals surface area contributed by atoms with E-state index in [0.717, 1.165) is 31.5 Å². The van der Waals surface area contributed by atoms with Crippen LogP contribution in [0, 0.1) is 0 Å². The van der Waals surface area contributed by atoms with Gasteiger partial charge >= 0.3 is 5.97 Å². The van der Waals surface area contributed by atoms with E-state index in [0.29, 0.717) is 5.56 Å². The molecule has 2 N–H and O–H groups in total. The lowest BCUT2D eigenvalue weighted by Crippen LogP contribution is -2.60. The second-order valence-electron chi connectivity index (χ2n) is 5.95. The highest BCUT2D eigenvalue weighted by Crippen LogP contribution is 2.41. The largest absolute Gasteiger partial charge is 0.478 e. The van der Waals surface area contributed by atoms with Crippen molar-refractivity contribution in [3.8, 4) is 0 Å². The topological polar surface area (TPSA) is 52.6 Å². The maximum absolute atomic E-state index is 11.5. The molecule has 2 fully saturated rings. The van der Waals surface area contributed by atoms with Gasteiger partial charge in [-0.1, -0.05) is 31.4 Å². The van der Waals surface area contributed by atoms with E-state index in [2.05, 4.69) is 10.4 Å². The summed E-state index contributed by atoms with van der Waals surface area (Å²) in [5.74, 6) is -0.848. The zero-order chi connectivity index (χ0) is 14.0. The van der Waals surface area contributed by atoms with E-state index in [1.807, 2.05) is 12.1 Å². The monoisotopic (exact) mass is 274 g/mol. The molecule has 0 unspecified atom stereocenters. The minimum Gasteiger partial charge on any atom is -0.478 e. The minimum absolute atomic E-state index is 0.113. The van der Waals surface area contributed by atoms with Crippen molar-refractivity contribution >= 4 is 11.7 Å². The van der Waals surface area contributed by atoms with Gasteiger partial charge in [-0.3, -0.25) is 0 Å². The fraction of sp³-hybridized carbons (Fsp3) is 0.562. The standard InChI is InChI=1S/C16H22N2O2/c19-15(20)13-7-2-3-8-14(13)18-16(11-6-12-17-18)9-4-1-5-10-16/h2-3,7-8,17H,1,4-6,9-12H2,(H,19,20). The molecule has 4 heteroatoms. The van der Waals surface area contributed by atoms with Crippen molar-refractivity contribution in [2.75, 3.05) is 11.6 Å². The Morgan fingerprint density at radius 1 is 1.10 bits per heavy atom. The first kappa shape index (κ1) is 13.4. The smallest absolute Gasteiger partial charge is 0.337 e. The predicted octanol–water partition coefficient (Wildman–Crippen LogP) is 3.19. The summed E-state index contributed by atoms with van der Waals surface area (Å²) in [6.07, 6.45) is 8.44. The molecule has 20 heavy (non-hydrogen) atoms. The molecule has 0 radical (unpaired) electrons. The second-order valence-corrected chi connectivity index (χ2v) is 5.95. The van der Waals surface area contributed by atoms with Gasteiger partial charge in [0.25, 0.3) is 0 Å². The number of carbonyl (C=O) groups is 1. The van der Waals surface area contributed by atoms with Crippen LogP contribution >= 0.6 is 0 Å². The minimum atomic E-state index is -0.848. The summed E-state index contributed by atoms with van der Waals surface area (Å²) in [4.78, 5) is 11.5. The zero-order valence-corrected chi connectivity index (χ0v) is 11.8. The van der Waals surface area contributed by atoms with E-state index in [4.69, 9.17) is 0 Å². The lowest BCUT2D eigenvalue weighted by atomic mass is 9.76. The molecule has 1 saturated heterocycles. The molecular weight excluding hydrogens is 252 g/mol. The van der Waals surface area contributed by atoms with Gasteiger partial charge in [0.2, 0.25) is 0 Å². The Bertz CT molecular complexity index is 487. The number of nitrogens with zero attached hydrogens (tertiary/aromatic N) is 1. The van der Waals surface area contributed by atoms with Gasteiger partial charge in [0, 0.05) is 6.54 Å². The Morgan fingerprint density at radius 2 is 1.80 bits per heavy atom. The number of para-hydroxylation sites is 1. The van der Waals surface area contributed by atoms with E-state index < -0.39 is 5.97 Å². The molecular formula is C16H22N2O2. The van der Waals surface area contributed by atoms with E-state index in [-0.39, 0.29) is 5.54 Å². The van der Waals surface area contributed by atoms with Crippen molar-refractivity contribution in [3.63, 3.8) is 0 Å². The van der Waals surface area contributed by atoms with Crippen molar-refractivity contribution in [2.45, 2.75) is 50.5 Å².